The summed E-state index contributed by atoms with van der Waals surface area (Å²) in [4.78, 5) is 46.9. The van der Waals surface area contributed by atoms with Crippen LogP contribution in [0.1, 0.15) is 68.3 Å². The number of thiocarbonyl (C=S) groups is 1. The lowest BCUT2D eigenvalue weighted by molar-refractivity contribution is -0.139. The number of aromatic nitrogens is 4. The van der Waals surface area contributed by atoms with Crippen LogP contribution >= 0.6 is 12.2 Å². The van der Waals surface area contributed by atoms with Crippen LogP contribution in [0.5, 0.6) is 0 Å². The van der Waals surface area contributed by atoms with Gasteiger partial charge in [0.25, 0.3) is 6.47 Å². The maximum absolute atomic E-state index is 12.7. The summed E-state index contributed by atoms with van der Waals surface area (Å²) < 4.78 is 5.05. The number of ether oxygens (including phenoxy) is 1. The van der Waals surface area contributed by atoms with Crippen LogP contribution in [-0.4, -0.2) is 104 Å². The number of nitrogens with two attached hydrogens (primary N) is 1. The van der Waals surface area contributed by atoms with E-state index in [1.165, 1.54) is 0 Å². The molecule has 1 aliphatic heterocycles. The molecule has 3 aromatic rings. The van der Waals surface area contributed by atoms with Crippen molar-refractivity contribution in [2.75, 3.05) is 25.0 Å². The van der Waals surface area contributed by atoms with Crippen LogP contribution < -0.4 is 27.0 Å². The molecule has 0 spiro atoms. The summed E-state index contributed by atoms with van der Waals surface area (Å²) in [6.07, 6.45) is 4.50. The van der Waals surface area contributed by atoms with Gasteiger partial charge in [0, 0.05) is 48.8 Å². The van der Waals surface area contributed by atoms with Gasteiger partial charge in [0.15, 0.2) is 10.9 Å². The van der Waals surface area contributed by atoms with Gasteiger partial charge in [-0.1, -0.05) is 36.4 Å². The summed E-state index contributed by atoms with van der Waals surface area (Å²) in [7, 11) is 0. The molecule has 8 N–H and O–H groups in total. The number of carbonyl (C=O) groups excluding carboxylic acids is 2. The van der Waals surface area contributed by atoms with Gasteiger partial charge in [-0.2, -0.15) is 0 Å². The highest BCUT2D eigenvalue weighted by atomic mass is 32.1. The number of hydrogen-bond acceptors (Lipinski definition) is 13. The Kier molecular flexibility index (Phi) is 17.4. The van der Waals surface area contributed by atoms with Crippen molar-refractivity contribution in [2.45, 2.75) is 95.3 Å². The SMILES string of the molecule is Cc1nnc(-c2ccc(CCC(=O)C(N)CCCCNC(=S)Nc3ccc(CC4NC(COC=O)CCC(CC(=O)O)CNC4CC(=O)O)cc3)cc2)nn1. The van der Waals surface area contributed by atoms with Crippen molar-refractivity contribution in [1.82, 2.24) is 36.3 Å². The molecule has 4 rings (SSSR count). The second-order valence-corrected chi connectivity index (χ2v) is 14.3. The molecule has 2 heterocycles. The summed E-state index contributed by atoms with van der Waals surface area (Å²) >= 11 is 5.48. The Morgan fingerprint density at radius 3 is 2.33 bits per heavy atom. The maximum Gasteiger partial charge on any atom is 0.304 e. The predicted molar refractivity (Wildman–Crippen MR) is 209 cm³/mol. The number of rotatable bonds is 20. The molecule has 5 unspecified atom stereocenters. The molecule has 1 aliphatic rings. The third-order valence-electron chi connectivity index (χ3n) is 9.51. The van der Waals surface area contributed by atoms with Gasteiger partial charge in [0.05, 0.1) is 12.5 Å². The van der Waals surface area contributed by atoms with Crippen LogP contribution in [0.3, 0.4) is 0 Å². The number of ketones is 1. The molecule has 1 aromatic heterocycles. The molecule has 0 saturated carbocycles. The molecular formula is C38H51N9O7S. The van der Waals surface area contributed by atoms with E-state index >= 15 is 0 Å². The fourth-order valence-electron chi connectivity index (χ4n) is 6.49. The fourth-order valence-corrected chi connectivity index (χ4v) is 6.71. The Hall–Kier alpha value is -4.97. The number of carbonyl (C=O) groups is 4. The topological polar surface area (TPSA) is 244 Å². The number of aryl methyl sites for hydroxylation is 2. The zero-order valence-corrected chi connectivity index (χ0v) is 31.8. The maximum atomic E-state index is 12.7. The number of carboxylic acid groups (broad SMARTS) is 2. The van der Waals surface area contributed by atoms with Gasteiger partial charge in [-0.3, -0.25) is 19.2 Å². The average Bonchev–Trinajstić information content (AvgIpc) is 3.23. The van der Waals surface area contributed by atoms with E-state index in [0.29, 0.717) is 74.8 Å². The predicted octanol–water partition coefficient (Wildman–Crippen LogP) is 2.59. The van der Waals surface area contributed by atoms with Crippen LogP contribution in [0, 0.1) is 12.8 Å². The Morgan fingerprint density at radius 2 is 1.65 bits per heavy atom. The number of carboxylic acids is 2. The molecule has 296 valence electrons. The van der Waals surface area contributed by atoms with Gasteiger partial charge < -0.3 is 42.0 Å². The van der Waals surface area contributed by atoms with Crippen LogP contribution in [0.15, 0.2) is 48.5 Å². The molecule has 0 aliphatic carbocycles. The number of aliphatic carboxylic acids is 2. The smallest absolute Gasteiger partial charge is 0.304 e. The number of benzene rings is 2. The van der Waals surface area contributed by atoms with Crippen molar-refractivity contribution in [2.24, 2.45) is 11.7 Å². The summed E-state index contributed by atoms with van der Waals surface area (Å²) in [5, 5.41) is 48.6. The van der Waals surface area contributed by atoms with E-state index in [4.69, 9.17) is 22.7 Å². The minimum Gasteiger partial charge on any atom is -0.481 e. The summed E-state index contributed by atoms with van der Waals surface area (Å²) in [6, 6.07) is 13.7. The first-order valence-electron chi connectivity index (χ1n) is 18.5. The Labute approximate surface area is 325 Å². The number of anilines is 1. The fraction of sp³-hybridized carbons (Fsp3) is 0.500. The molecule has 1 saturated heterocycles. The van der Waals surface area contributed by atoms with E-state index < -0.39 is 24.0 Å². The number of nitrogens with zero attached hydrogens (tertiary/aromatic N) is 4. The van der Waals surface area contributed by atoms with Crippen molar-refractivity contribution in [1.29, 1.82) is 0 Å². The highest BCUT2D eigenvalue weighted by molar-refractivity contribution is 7.80. The van der Waals surface area contributed by atoms with Gasteiger partial charge in [0.1, 0.15) is 12.4 Å². The lowest BCUT2D eigenvalue weighted by Crippen LogP contribution is -2.53. The summed E-state index contributed by atoms with van der Waals surface area (Å²) in [5.74, 6) is -1.10. The monoisotopic (exact) mass is 777 g/mol. The van der Waals surface area contributed by atoms with E-state index in [-0.39, 0.29) is 43.2 Å². The molecular weight excluding hydrogens is 727 g/mol. The van der Waals surface area contributed by atoms with E-state index in [9.17, 15) is 29.4 Å². The molecule has 2 aromatic carbocycles. The minimum atomic E-state index is -0.975. The number of nitrogens with one attached hydrogen (secondary N) is 4. The molecule has 0 radical (unpaired) electrons. The van der Waals surface area contributed by atoms with Crippen LogP contribution in [0.25, 0.3) is 11.4 Å². The van der Waals surface area contributed by atoms with Crippen molar-refractivity contribution >= 4 is 47.2 Å². The van der Waals surface area contributed by atoms with Gasteiger partial charge in [0.2, 0.25) is 5.82 Å². The zero-order chi connectivity index (χ0) is 39.6. The van der Waals surface area contributed by atoms with E-state index in [1.807, 2.05) is 48.5 Å². The van der Waals surface area contributed by atoms with Gasteiger partial charge in [-0.05, 0) is 99.8 Å². The van der Waals surface area contributed by atoms with Crippen molar-refractivity contribution < 1.29 is 34.1 Å². The van der Waals surface area contributed by atoms with Gasteiger partial charge in [-0.25, -0.2) is 0 Å². The lowest BCUT2D eigenvalue weighted by atomic mass is 9.95. The Morgan fingerprint density at radius 1 is 0.964 bits per heavy atom. The zero-order valence-electron chi connectivity index (χ0n) is 31.0. The standard InChI is InChI=1S/C38H51N9O7S/c1-24-44-46-37(47-45-24)28-11-5-25(6-12-28)10-16-34(49)31(39)4-2-3-17-40-38(55)43-29-13-7-26(8-14-29)18-33-32(20-36(52)53)41-21-27(19-35(50)51)9-15-30(42-33)22-54-23-48/h5-8,11-14,23,27,30-33,41-42H,2-4,9-10,15-22,39H2,1H3,(H,50,51)(H,52,53)(H2,40,43,55). The minimum absolute atomic E-state index is 0.0264. The second kappa shape index (κ2) is 22.4. The van der Waals surface area contributed by atoms with Crippen molar-refractivity contribution in [3.63, 3.8) is 0 Å². The normalized spacial score (nSPS) is 19.2. The Bertz CT molecular complexity index is 1700. The van der Waals surface area contributed by atoms with Gasteiger partial charge >= 0.3 is 11.9 Å². The molecule has 0 bridgehead atoms. The number of hydrogen-bond donors (Lipinski definition) is 7. The van der Waals surface area contributed by atoms with Crippen LogP contribution in [-0.2, 0) is 36.8 Å². The highest BCUT2D eigenvalue weighted by Crippen LogP contribution is 2.20. The van der Waals surface area contributed by atoms with Crippen LogP contribution in [0.2, 0.25) is 0 Å². The van der Waals surface area contributed by atoms with E-state index in [1.54, 1.807) is 6.92 Å². The molecule has 55 heavy (non-hydrogen) atoms. The highest BCUT2D eigenvalue weighted by Gasteiger charge is 2.30. The molecule has 16 nitrogen and oxygen atoms in total. The molecule has 5 atom stereocenters. The van der Waals surface area contributed by atoms with E-state index in [2.05, 4.69) is 41.7 Å². The number of unbranched alkanes of at least 4 members (excludes halogenated alkanes) is 1. The first-order valence-corrected chi connectivity index (χ1v) is 18.9. The third-order valence-corrected chi connectivity index (χ3v) is 9.76. The largest absolute Gasteiger partial charge is 0.481 e. The lowest BCUT2D eigenvalue weighted by Gasteiger charge is -2.31. The summed E-state index contributed by atoms with van der Waals surface area (Å²) in [6.45, 7) is 3.17. The first kappa shape index (κ1) is 42.8. The third kappa shape index (κ3) is 15.4. The average molecular weight is 778 g/mol. The molecule has 1 fully saturated rings. The quantitative estimate of drug-likeness (QED) is 0.0495. The van der Waals surface area contributed by atoms with Crippen molar-refractivity contribution in [3.05, 3.63) is 65.5 Å². The number of Topliss-reactive ketones (excluding diaryl/α,β-unsaturated/α-hetero) is 1. The van der Waals surface area contributed by atoms with Crippen LogP contribution in [0.4, 0.5) is 5.69 Å². The van der Waals surface area contributed by atoms with Crippen molar-refractivity contribution in [3.8, 4) is 11.4 Å². The summed E-state index contributed by atoms with van der Waals surface area (Å²) in [5.41, 5.74) is 9.74. The second-order valence-electron chi connectivity index (χ2n) is 13.9. The molecule has 0 amide bonds. The molecule has 17 heteroatoms. The Balaban J connectivity index is 1.18. The first-order chi connectivity index (χ1) is 26.5. The van der Waals surface area contributed by atoms with Gasteiger partial charge in [-0.15, -0.1) is 20.4 Å². The van der Waals surface area contributed by atoms with E-state index in [0.717, 1.165) is 35.2 Å².